The average Bonchev–Trinajstić information content (AvgIpc) is 2.59. The molecule has 1 aromatic carbocycles. The monoisotopic (exact) mass is 349 g/mol. The number of nitrogens with zero attached hydrogens (tertiary/aromatic N) is 1. The molecule has 0 aliphatic carbocycles. The molecular formula is C18H21F2N3O2. The Morgan fingerprint density at radius 3 is 2.52 bits per heavy atom. The number of nitrogens with one attached hydrogen (secondary N) is 2. The number of amides is 2. The molecule has 0 spiro atoms. The van der Waals surface area contributed by atoms with Gasteiger partial charge in [0.2, 0.25) is 5.91 Å². The first kappa shape index (κ1) is 18.9. The number of carbonyl (C=O) groups excluding carboxylic acids is 2. The van der Waals surface area contributed by atoms with Gasteiger partial charge in [0.25, 0.3) is 5.91 Å². The molecule has 134 valence electrons. The Bertz CT molecular complexity index is 665. The lowest BCUT2D eigenvalue weighted by molar-refractivity contribution is -0.126. The molecule has 0 atom stereocenters. The minimum absolute atomic E-state index is 0.0532. The van der Waals surface area contributed by atoms with Gasteiger partial charge >= 0.3 is 0 Å². The SMILES string of the molecule is C#CCN1CCC(C(=O)NCCNC(=O)c2ccc(F)cc2F)CC1. The van der Waals surface area contributed by atoms with Gasteiger partial charge in [0.1, 0.15) is 11.6 Å². The minimum Gasteiger partial charge on any atom is -0.354 e. The number of benzene rings is 1. The van der Waals surface area contributed by atoms with Crippen LogP contribution in [0.4, 0.5) is 8.78 Å². The van der Waals surface area contributed by atoms with E-state index in [9.17, 15) is 18.4 Å². The van der Waals surface area contributed by atoms with Crippen LogP contribution >= 0.6 is 0 Å². The Balaban J connectivity index is 1.68. The summed E-state index contributed by atoms with van der Waals surface area (Å²) in [6.07, 6.45) is 6.77. The van der Waals surface area contributed by atoms with Gasteiger partial charge in [-0.3, -0.25) is 14.5 Å². The zero-order chi connectivity index (χ0) is 18.2. The summed E-state index contributed by atoms with van der Waals surface area (Å²) in [6, 6.07) is 2.76. The van der Waals surface area contributed by atoms with Crippen molar-refractivity contribution >= 4 is 11.8 Å². The summed E-state index contributed by atoms with van der Waals surface area (Å²) in [5.74, 6) is 0.181. The third-order valence-corrected chi connectivity index (χ3v) is 4.16. The highest BCUT2D eigenvalue weighted by atomic mass is 19.1. The molecular weight excluding hydrogens is 328 g/mol. The van der Waals surface area contributed by atoms with Crippen molar-refractivity contribution < 1.29 is 18.4 Å². The molecule has 1 fully saturated rings. The molecule has 0 bridgehead atoms. The zero-order valence-corrected chi connectivity index (χ0v) is 13.9. The molecule has 1 aliphatic rings. The van der Waals surface area contributed by atoms with Crippen molar-refractivity contribution in [1.29, 1.82) is 0 Å². The lowest BCUT2D eigenvalue weighted by Gasteiger charge is -2.29. The van der Waals surface area contributed by atoms with Crippen molar-refractivity contribution in [3.05, 3.63) is 35.4 Å². The predicted octanol–water partition coefficient (Wildman–Crippen LogP) is 1.16. The summed E-state index contributed by atoms with van der Waals surface area (Å²) in [5.41, 5.74) is -0.228. The number of hydrogen-bond donors (Lipinski definition) is 2. The maximum Gasteiger partial charge on any atom is 0.254 e. The zero-order valence-electron chi connectivity index (χ0n) is 13.9. The van der Waals surface area contributed by atoms with E-state index in [1.807, 2.05) is 0 Å². The van der Waals surface area contributed by atoms with Gasteiger partial charge in [-0.2, -0.15) is 0 Å². The molecule has 7 heteroatoms. The van der Waals surface area contributed by atoms with Crippen molar-refractivity contribution in [3.63, 3.8) is 0 Å². The number of carbonyl (C=O) groups is 2. The lowest BCUT2D eigenvalue weighted by Crippen LogP contribution is -2.42. The fourth-order valence-corrected chi connectivity index (χ4v) is 2.76. The number of terminal acetylenes is 1. The first-order valence-electron chi connectivity index (χ1n) is 8.18. The van der Waals surface area contributed by atoms with Crippen LogP contribution in [0.3, 0.4) is 0 Å². The van der Waals surface area contributed by atoms with Gasteiger partial charge in [0, 0.05) is 25.1 Å². The van der Waals surface area contributed by atoms with E-state index < -0.39 is 17.5 Å². The molecule has 0 unspecified atom stereocenters. The van der Waals surface area contributed by atoms with Crippen molar-refractivity contribution in [3.8, 4) is 12.3 Å². The van der Waals surface area contributed by atoms with Crippen LogP contribution in [0.1, 0.15) is 23.2 Å². The fraction of sp³-hybridized carbons (Fsp3) is 0.444. The van der Waals surface area contributed by atoms with Gasteiger partial charge in [0.05, 0.1) is 12.1 Å². The van der Waals surface area contributed by atoms with Gasteiger partial charge in [-0.1, -0.05) is 5.92 Å². The molecule has 5 nitrogen and oxygen atoms in total. The Kier molecular flexibility index (Phi) is 6.90. The average molecular weight is 349 g/mol. The van der Waals surface area contributed by atoms with Crippen LogP contribution in [0.2, 0.25) is 0 Å². The Labute approximate surface area is 145 Å². The summed E-state index contributed by atoms with van der Waals surface area (Å²) >= 11 is 0. The third-order valence-electron chi connectivity index (χ3n) is 4.16. The van der Waals surface area contributed by atoms with Crippen LogP contribution < -0.4 is 10.6 Å². The van der Waals surface area contributed by atoms with Crippen molar-refractivity contribution in [2.24, 2.45) is 5.92 Å². The largest absolute Gasteiger partial charge is 0.354 e. The number of piperidine rings is 1. The Hall–Kier alpha value is -2.46. The number of rotatable bonds is 6. The van der Waals surface area contributed by atoms with E-state index in [1.165, 1.54) is 0 Å². The number of halogens is 2. The molecule has 0 radical (unpaired) electrons. The summed E-state index contributed by atoms with van der Waals surface area (Å²) in [7, 11) is 0. The van der Waals surface area contributed by atoms with E-state index in [1.54, 1.807) is 0 Å². The molecule has 2 amide bonds. The summed E-state index contributed by atoms with van der Waals surface area (Å²) in [4.78, 5) is 26.0. The summed E-state index contributed by atoms with van der Waals surface area (Å²) in [5, 5.41) is 5.26. The highest BCUT2D eigenvalue weighted by Gasteiger charge is 2.24. The quantitative estimate of drug-likeness (QED) is 0.598. The molecule has 1 heterocycles. The first-order chi connectivity index (χ1) is 12.0. The molecule has 1 aromatic rings. The standard InChI is InChI=1S/C18H21F2N3O2/c1-2-9-23-10-5-13(6-11-23)17(24)21-7-8-22-18(25)15-4-3-14(19)12-16(15)20/h1,3-4,12-13H,5-11H2,(H,21,24)(H,22,25). The summed E-state index contributed by atoms with van der Waals surface area (Å²) in [6.45, 7) is 2.60. The van der Waals surface area contributed by atoms with Gasteiger partial charge in [0.15, 0.2) is 0 Å². The van der Waals surface area contributed by atoms with Crippen molar-refractivity contribution in [1.82, 2.24) is 15.5 Å². The normalized spacial score (nSPS) is 15.4. The maximum atomic E-state index is 13.5. The number of hydrogen-bond acceptors (Lipinski definition) is 3. The lowest BCUT2D eigenvalue weighted by atomic mass is 9.96. The van der Waals surface area contributed by atoms with Crippen LogP contribution in [0.15, 0.2) is 18.2 Å². The molecule has 0 aromatic heterocycles. The highest BCUT2D eigenvalue weighted by molar-refractivity contribution is 5.94. The van der Waals surface area contributed by atoms with E-state index in [4.69, 9.17) is 6.42 Å². The second kappa shape index (κ2) is 9.14. The van der Waals surface area contributed by atoms with E-state index >= 15 is 0 Å². The van der Waals surface area contributed by atoms with Gasteiger partial charge in [-0.05, 0) is 38.1 Å². The van der Waals surface area contributed by atoms with Crippen molar-refractivity contribution in [2.45, 2.75) is 12.8 Å². The third kappa shape index (κ3) is 5.54. The van der Waals surface area contributed by atoms with E-state index in [0.29, 0.717) is 12.6 Å². The second-order valence-electron chi connectivity index (χ2n) is 5.93. The molecule has 2 N–H and O–H groups in total. The van der Waals surface area contributed by atoms with Gasteiger partial charge in [-0.15, -0.1) is 6.42 Å². The number of likely N-dealkylation sites (tertiary alicyclic amines) is 1. The second-order valence-corrected chi connectivity index (χ2v) is 5.93. The smallest absolute Gasteiger partial charge is 0.254 e. The van der Waals surface area contributed by atoms with E-state index in [2.05, 4.69) is 21.5 Å². The molecule has 1 saturated heterocycles. The molecule has 25 heavy (non-hydrogen) atoms. The Morgan fingerprint density at radius 1 is 1.20 bits per heavy atom. The molecule has 1 aliphatic heterocycles. The molecule has 2 rings (SSSR count). The maximum absolute atomic E-state index is 13.5. The van der Waals surface area contributed by atoms with Crippen LogP contribution in [0, 0.1) is 29.9 Å². The van der Waals surface area contributed by atoms with Crippen LogP contribution in [-0.4, -0.2) is 49.4 Å². The first-order valence-corrected chi connectivity index (χ1v) is 8.18. The van der Waals surface area contributed by atoms with Gasteiger partial charge in [-0.25, -0.2) is 8.78 Å². The summed E-state index contributed by atoms with van der Waals surface area (Å²) < 4.78 is 26.3. The van der Waals surface area contributed by atoms with Crippen LogP contribution in [-0.2, 0) is 4.79 Å². The van der Waals surface area contributed by atoms with E-state index in [0.717, 1.165) is 38.1 Å². The van der Waals surface area contributed by atoms with Crippen molar-refractivity contribution in [2.75, 3.05) is 32.7 Å². The topological polar surface area (TPSA) is 61.4 Å². The molecule has 0 saturated carbocycles. The van der Waals surface area contributed by atoms with E-state index in [-0.39, 0.29) is 30.5 Å². The van der Waals surface area contributed by atoms with Crippen LogP contribution in [0.25, 0.3) is 0 Å². The highest BCUT2D eigenvalue weighted by Crippen LogP contribution is 2.16. The van der Waals surface area contributed by atoms with Crippen LogP contribution in [0.5, 0.6) is 0 Å². The predicted molar refractivity (Wildman–Crippen MR) is 89.7 cm³/mol. The Morgan fingerprint density at radius 2 is 1.88 bits per heavy atom. The minimum atomic E-state index is -0.916. The van der Waals surface area contributed by atoms with Gasteiger partial charge < -0.3 is 10.6 Å². The fourth-order valence-electron chi connectivity index (χ4n) is 2.76.